The molecule has 0 spiro atoms. The second-order valence-electron chi connectivity index (χ2n) is 5.03. The van der Waals surface area contributed by atoms with Gasteiger partial charge in [-0.05, 0) is 23.6 Å². The maximum absolute atomic E-state index is 12.5. The maximum atomic E-state index is 12.5. The molecule has 1 atom stereocenters. The van der Waals surface area contributed by atoms with Crippen molar-refractivity contribution in [2.24, 2.45) is 11.7 Å². The Bertz CT molecular complexity index is 570. The first-order valence-electron chi connectivity index (χ1n) is 6.27. The number of imidazole rings is 1. The van der Waals surface area contributed by atoms with Gasteiger partial charge >= 0.3 is 6.18 Å². The van der Waals surface area contributed by atoms with Crippen molar-refractivity contribution in [3.05, 3.63) is 41.9 Å². The second kappa shape index (κ2) is 5.28. The molecule has 3 nitrogen and oxygen atoms in total. The smallest absolute Gasteiger partial charge is 0.341 e. The first kappa shape index (κ1) is 14.6. The van der Waals surface area contributed by atoms with Gasteiger partial charge in [-0.15, -0.1) is 0 Å². The van der Waals surface area contributed by atoms with E-state index in [9.17, 15) is 13.2 Å². The van der Waals surface area contributed by atoms with Crippen LogP contribution in [0.25, 0.3) is 11.3 Å². The lowest BCUT2D eigenvalue weighted by Gasteiger charge is -2.12. The van der Waals surface area contributed by atoms with Crippen molar-refractivity contribution < 1.29 is 13.2 Å². The zero-order chi connectivity index (χ0) is 14.9. The van der Waals surface area contributed by atoms with Crippen LogP contribution >= 0.6 is 0 Å². The van der Waals surface area contributed by atoms with E-state index in [1.54, 1.807) is 6.20 Å². The van der Waals surface area contributed by atoms with Gasteiger partial charge in [0.2, 0.25) is 0 Å². The molecular formula is C14H16F3N3. The zero-order valence-electron chi connectivity index (χ0n) is 11.2. The van der Waals surface area contributed by atoms with E-state index in [-0.39, 0.29) is 12.0 Å². The number of hydrogen-bond donors (Lipinski definition) is 2. The fraction of sp³-hybridized carbons (Fsp3) is 0.357. The Morgan fingerprint density at radius 2 is 1.75 bits per heavy atom. The van der Waals surface area contributed by atoms with E-state index in [4.69, 9.17) is 5.73 Å². The molecule has 1 unspecified atom stereocenters. The number of aromatic amines is 1. The predicted octanol–water partition coefficient (Wildman–Crippen LogP) is 3.75. The Balaban J connectivity index is 2.25. The third kappa shape index (κ3) is 3.01. The van der Waals surface area contributed by atoms with Crippen molar-refractivity contribution in [1.29, 1.82) is 0 Å². The average Bonchev–Trinajstić information content (AvgIpc) is 2.86. The minimum atomic E-state index is -4.32. The standard InChI is InChI=1S/C14H16F3N3/c1-8(2)12(18)13-19-7-11(20-13)9-3-5-10(6-4-9)14(15,16)17/h3-8,12H,18H2,1-2H3,(H,19,20). The van der Waals surface area contributed by atoms with Crippen molar-refractivity contribution in [2.75, 3.05) is 0 Å². The normalized spacial score (nSPS) is 13.8. The number of hydrogen-bond acceptors (Lipinski definition) is 2. The van der Waals surface area contributed by atoms with E-state index in [2.05, 4.69) is 9.97 Å². The van der Waals surface area contributed by atoms with Crippen LogP contribution in [-0.2, 0) is 6.18 Å². The molecule has 0 radical (unpaired) electrons. The quantitative estimate of drug-likeness (QED) is 0.901. The Morgan fingerprint density at radius 1 is 1.15 bits per heavy atom. The van der Waals surface area contributed by atoms with Crippen molar-refractivity contribution in [1.82, 2.24) is 9.97 Å². The number of halogens is 3. The molecule has 0 fully saturated rings. The number of alkyl halides is 3. The fourth-order valence-corrected chi connectivity index (χ4v) is 1.81. The van der Waals surface area contributed by atoms with Crippen molar-refractivity contribution in [3.63, 3.8) is 0 Å². The molecule has 2 aromatic rings. The average molecular weight is 283 g/mol. The summed E-state index contributed by atoms with van der Waals surface area (Å²) in [5, 5.41) is 0. The largest absolute Gasteiger partial charge is 0.416 e. The molecule has 0 saturated carbocycles. The summed E-state index contributed by atoms with van der Waals surface area (Å²) < 4.78 is 37.5. The molecule has 1 aromatic heterocycles. The minimum Gasteiger partial charge on any atom is -0.341 e. The Morgan fingerprint density at radius 3 is 2.25 bits per heavy atom. The molecule has 0 aliphatic heterocycles. The summed E-state index contributed by atoms with van der Waals surface area (Å²) in [7, 11) is 0. The lowest BCUT2D eigenvalue weighted by atomic mass is 10.1. The van der Waals surface area contributed by atoms with Gasteiger partial charge in [-0.1, -0.05) is 26.0 Å². The number of aromatic nitrogens is 2. The van der Waals surface area contributed by atoms with Crippen LogP contribution in [0, 0.1) is 5.92 Å². The van der Waals surface area contributed by atoms with Gasteiger partial charge in [0.25, 0.3) is 0 Å². The Kier molecular flexibility index (Phi) is 3.85. The second-order valence-corrected chi connectivity index (χ2v) is 5.03. The maximum Gasteiger partial charge on any atom is 0.416 e. The fourth-order valence-electron chi connectivity index (χ4n) is 1.81. The van der Waals surface area contributed by atoms with Crippen molar-refractivity contribution in [2.45, 2.75) is 26.1 Å². The number of nitrogens with two attached hydrogens (primary N) is 1. The lowest BCUT2D eigenvalue weighted by molar-refractivity contribution is -0.137. The van der Waals surface area contributed by atoms with Gasteiger partial charge < -0.3 is 10.7 Å². The molecule has 3 N–H and O–H groups in total. The van der Waals surface area contributed by atoms with Crippen LogP contribution in [0.1, 0.15) is 31.3 Å². The van der Waals surface area contributed by atoms with Crippen LogP contribution in [-0.4, -0.2) is 9.97 Å². The monoisotopic (exact) mass is 283 g/mol. The molecule has 1 aromatic carbocycles. The summed E-state index contributed by atoms with van der Waals surface area (Å²) in [4.78, 5) is 7.23. The summed E-state index contributed by atoms with van der Waals surface area (Å²) >= 11 is 0. The predicted molar refractivity (Wildman–Crippen MR) is 70.8 cm³/mol. The summed E-state index contributed by atoms with van der Waals surface area (Å²) in [6.45, 7) is 3.95. The highest BCUT2D eigenvalue weighted by Crippen LogP contribution is 2.30. The first-order chi connectivity index (χ1) is 9.29. The van der Waals surface area contributed by atoms with Crippen LogP contribution < -0.4 is 5.73 Å². The van der Waals surface area contributed by atoms with Gasteiger partial charge in [-0.25, -0.2) is 4.98 Å². The third-order valence-electron chi connectivity index (χ3n) is 3.15. The third-order valence-corrected chi connectivity index (χ3v) is 3.15. The lowest BCUT2D eigenvalue weighted by Crippen LogP contribution is -2.18. The van der Waals surface area contributed by atoms with Crippen molar-refractivity contribution >= 4 is 0 Å². The number of nitrogens with zero attached hydrogens (tertiary/aromatic N) is 1. The van der Waals surface area contributed by atoms with Gasteiger partial charge in [0.05, 0.1) is 23.5 Å². The van der Waals surface area contributed by atoms with E-state index in [1.165, 1.54) is 12.1 Å². The van der Waals surface area contributed by atoms with Crippen LogP contribution in [0.5, 0.6) is 0 Å². The molecule has 0 amide bonds. The van der Waals surface area contributed by atoms with Gasteiger partial charge in [0, 0.05) is 0 Å². The van der Waals surface area contributed by atoms with Crippen LogP contribution in [0.4, 0.5) is 13.2 Å². The highest BCUT2D eigenvalue weighted by Gasteiger charge is 2.30. The molecule has 0 bridgehead atoms. The van der Waals surface area contributed by atoms with Gasteiger partial charge in [-0.2, -0.15) is 13.2 Å². The van der Waals surface area contributed by atoms with Crippen LogP contribution in [0.2, 0.25) is 0 Å². The Labute approximate surface area is 115 Å². The number of rotatable bonds is 3. The van der Waals surface area contributed by atoms with E-state index < -0.39 is 11.7 Å². The topological polar surface area (TPSA) is 54.7 Å². The van der Waals surface area contributed by atoms with Crippen LogP contribution in [0.15, 0.2) is 30.5 Å². The van der Waals surface area contributed by atoms with Gasteiger partial charge in [0.15, 0.2) is 0 Å². The molecule has 1 heterocycles. The number of benzene rings is 1. The molecule has 0 aliphatic carbocycles. The van der Waals surface area contributed by atoms with E-state index in [0.717, 1.165) is 12.1 Å². The number of nitrogens with one attached hydrogen (secondary N) is 1. The molecule has 108 valence electrons. The summed E-state index contributed by atoms with van der Waals surface area (Å²) in [5.41, 5.74) is 6.60. The van der Waals surface area contributed by atoms with Crippen molar-refractivity contribution in [3.8, 4) is 11.3 Å². The molecular weight excluding hydrogens is 267 g/mol. The highest BCUT2D eigenvalue weighted by molar-refractivity contribution is 5.59. The van der Waals surface area contributed by atoms with Gasteiger partial charge in [0.1, 0.15) is 5.82 Å². The molecule has 20 heavy (non-hydrogen) atoms. The molecule has 0 aliphatic rings. The SMILES string of the molecule is CC(C)C(N)c1ncc(-c2ccc(C(F)(F)F)cc2)[nH]1. The zero-order valence-corrected chi connectivity index (χ0v) is 11.2. The summed E-state index contributed by atoms with van der Waals surface area (Å²) in [6, 6.07) is 4.72. The Hall–Kier alpha value is -1.82. The molecule has 2 rings (SSSR count). The first-order valence-corrected chi connectivity index (χ1v) is 6.27. The van der Waals surface area contributed by atoms with E-state index in [1.807, 2.05) is 13.8 Å². The molecule has 0 saturated heterocycles. The molecule has 6 heteroatoms. The minimum absolute atomic E-state index is 0.224. The number of H-pyrrole nitrogens is 1. The summed E-state index contributed by atoms with van der Waals surface area (Å²) in [5.74, 6) is 0.858. The van der Waals surface area contributed by atoms with E-state index in [0.29, 0.717) is 17.1 Å². The highest BCUT2D eigenvalue weighted by atomic mass is 19.4. The van der Waals surface area contributed by atoms with Gasteiger partial charge in [-0.3, -0.25) is 0 Å². The van der Waals surface area contributed by atoms with Crippen LogP contribution in [0.3, 0.4) is 0 Å². The summed E-state index contributed by atoms with van der Waals surface area (Å²) in [6.07, 6.45) is -2.74. The van der Waals surface area contributed by atoms with E-state index >= 15 is 0 Å².